The fourth-order valence-electron chi connectivity index (χ4n) is 3.13. The summed E-state index contributed by atoms with van der Waals surface area (Å²) >= 11 is 0. The quantitative estimate of drug-likeness (QED) is 0.812. The number of carbonyl (C=O) groups excluding carboxylic acids is 1. The van der Waals surface area contributed by atoms with Crippen LogP contribution in [0.25, 0.3) is 0 Å². The zero-order valence-corrected chi connectivity index (χ0v) is 15.4. The van der Waals surface area contributed by atoms with E-state index in [4.69, 9.17) is 4.74 Å². The van der Waals surface area contributed by atoms with Crippen LogP contribution in [-0.2, 0) is 15.7 Å². The van der Waals surface area contributed by atoms with E-state index in [2.05, 4.69) is 10.3 Å². The molecule has 146 valence electrons. The van der Waals surface area contributed by atoms with Crippen LogP contribution in [0.3, 0.4) is 0 Å². The number of rotatable bonds is 4. The molecule has 1 heterocycles. The highest BCUT2D eigenvalue weighted by atomic mass is 19.4. The standard InChI is InChI=1S/C19H22F3N3O2/c1-11-15(17(26)27-3)16(13-6-4-5-7-14(13)19(20,21)22)24-18(25(11)2)23-10-12-8-9-12/h4-7,12,16H,8-10H2,1-3H3,(H,23,24). The Labute approximate surface area is 155 Å². The summed E-state index contributed by atoms with van der Waals surface area (Å²) < 4.78 is 45.5. The van der Waals surface area contributed by atoms with Gasteiger partial charge in [0.1, 0.15) is 0 Å². The summed E-state index contributed by atoms with van der Waals surface area (Å²) in [7, 11) is 2.94. The lowest BCUT2D eigenvalue weighted by molar-refractivity contribution is -0.139. The van der Waals surface area contributed by atoms with E-state index < -0.39 is 23.8 Å². The van der Waals surface area contributed by atoms with Crippen molar-refractivity contribution in [2.45, 2.75) is 32.0 Å². The first kappa shape index (κ1) is 19.3. The van der Waals surface area contributed by atoms with Crippen LogP contribution in [-0.4, -0.2) is 37.5 Å². The number of esters is 1. The second-order valence-corrected chi connectivity index (χ2v) is 6.82. The van der Waals surface area contributed by atoms with E-state index in [1.54, 1.807) is 18.9 Å². The van der Waals surface area contributed by atoms with Crippen molar-refractivity contribution >= 4 is 11.9 Å². The maximum Gasteiger partial charge on any atom is 0.416 e. The predicted octanol–water partition coefficient (Wildman–Crippen LogP) is 3.49. The molecule has 0 amide bonds. The van der Waals surface area contributed by atoms with Crippen molar-refractivity contribution in [1.82, 2.24) is 10.2 Å². The Balaban J connectivity index is 2.10. The Morgan fingerprint density at radius 2 is 2.00 bits per heavy atom. The largest absolute Gasteiger partial charge is 0.466 e. The van der Waals surface area contributed by atoms with Crippen LogP contribution in [0.4, 0.5) is 13.2 Å². The molecule has 0 spiro atoms. The summed E-state index contributed by atoms with van der Waals surface area (Å²) in [6, 6.07) is 4.25. The summed E-state index contributed by atoms with van der Waals surface area (Å²) in [5.41, 5.74) is -0.168. The summed E-state index contributed by atoms with van der Waals surface area (Å²) in [6.45, 7) is 2.30. The Hall–Kier alpha value is -2.51. The molecule has 0 radical (unpaired) electrons. The van der Waals surface area contributed by atoms with E-state index >= 15 is 0 Å². The van der Waals surface area contributed by atoms with Crippen molar-refractivity contribution < 1.29 is 22.7 Å². The molecule has 1 unspecified atom stereocenters. The number of methoxy groups -OCH3 is 1. The van der Waals surface area contributed by atoms with Gasteiger partial charge in [0.2, 0.25) is 0 Å². The number of halogens is 3. The molecule has 0 saturated heterocycles. The van der Waals surface area contributed by atoms with Gasteiger partial charge in [-0.3, -0.25) is 4.99 Å². The number of aliphatic imine (C=N–C) groups is 1. The molecule has 1 saturated carbocycles. The van der Waals surface area contributed by atoms with E-state index in [9.17, 15) is 18.0 Å². The molecule has 27 heavy (non-hydrogen) atoms. The average Bonchev–Trinajstić information content (AvgIpc) is 3.46. The van der Waals surface area contributed by atoms with E-state index in [-0.39, 0.29) is 11.1 Å². The maximum atomic E-state index is 13.5. The van der Waals surface area contributed by atoms with Crippen LogP contribution in [0.1, 0.15) is 36.9 Å². The van der Waals surface area contributed by atoms with Crippen LogP contribution in [0, 0.1) is 5.92 Å². The third-order valence-corrected chi connectivity index (χ3v) is 4.95. The lowest BCUT2D eigenvalue weighted by Crippen LogP contribution is -2.47. The van der Waals surface area contributed by atoms with Crippen LogP contribution < -0.4 is 5.32 Å². The topological polar surface area (TPSA) is 53.9 Å². The highest BCUT2D eigenvalue weighted by molar-refractivity contribution is 5.96. The number of alkyl halides is 3. The summed E-state index contributed by atoms with van der Waals surface area (Å²) in [4.78, 5) is 18.6. The van der Waals surface area contributed by atoms with Gasteiger partial charge >= 0.3 is 12.1 Å². The van der Waals surface area contributed by atoms with E-state index in [1.807, 2.05) is 0 Å². The minimum atomic E-state index is -4.54. The zero-order chi connectivity index (χ0) is 19.8. The number of ether oxygens (including phenoxy) is 1. The van der Waals surface area contributed by atoms with Crippen LogP contribution >= 0.6 is 0 Å². The van der Waals surface area contributed by atoms with E-state index in [1.165, 1.54) is 25.3 Å². The Morgan fingerprint density at radius 3 is 2.59 bits per heavy atom. The molecule has 8 heteroatoms. The number of guanidine groups is 1. The molecule has 0 aromatic heterocycles. The van der Waals surface area contributed by atoms with Crippen molar-refractivity contribution in [3.05, 3.63) is 46.7 Å². The number of hydrogen-bond donors (Lipinski definition) is 1. The molecule has 0 bridgehead atoms. The lowest BCUT2D eigenvalue weighted by atomic mass is 9.91. The molecule has 1 aliphatic carbocycles. The first-order valence-electron chi connectivity index (χ1n) is 8.74. The number of carbonyl (C=O) groups is 1. The first-order chi connectivity index (χ1) is 12.7. The van der Waals surface area contributed by atoms with Gasteiger partial charge in [-0.15, -0.1) is 0 Å². The predicted molar refractivity (Wildman–Crippen MR) is 94.8 cm³/mol. The van der Waals surface area contributed by atoms with Crippen molar-refractivity contribution in [2.75, 3.05) is 20.7 Å². The highest BCUT2D eigenvalue weighted by Crippen LogP contribution is 2.39. The molecular weight excluding hydrogens is 359 g/mol. The molecule has 3 rings (SSSR count). The highest BCUT2D eigenvalue weighted by Gasteiger charge is 2.40. The van der Waals surface area contributed by atoms with Crippen molar-refractivity contribution in [2.24, 2.45) is 10.9 Å². The van der Waals surface area contributed by atoms with Gasteiger partial charge in [0.25, 0.3) is 0 Å². The molecule has 5 nitrogen and oxygen atoms in total. The minimum absolute atomic E-state index is 0.0306. The van der Waals surface area contributed by atoms with Crippen molar-refractivity contribution in [3.8, 4) is 0 Å². The van der Waals surface area contributed by atoms with Gasteiger partial charge in [-0.2, -0.15) is 13.2 Å². The molecule has 1 fully saturated rings. The number of benzene rings is 1. The first-order valence-corrected chi connectivity index (χ1v) is 8.74. The van der Waals surface area contributed by atoms with E-state index in [0.717, 1.165) is 18.9 Å². The van der Waals surface area contributed by atoms with Gasteiger partial charge in [0.05, 0.1) is 24.3 Å². The monoisotopic (exact) mass is 381 g/mol. The van der Waals surface area contributed by atoms with Gasteiger partial charge in [-0.25, -0.2) is 4.79 Å². The Bertz CT molecular complexity index is 798. The van der Waals surface area contributed by atoms with Gasteiger partial charge in [-0.1, -0.05) is 18.2 Å². The smallest absolute Gasteiger partial charge is 0.416 e. The number of hydrogen-bond acceptors (Lipinski definition) is 3. The molecule has 2 aliphatic rings. The fraction of sp³-hybridized carbons (Fsp3) is 0.474. The SMILES string of the molecule is COC(=O)C1=C(C)N(C)C(=NCC2CC2)NC1c1ccccc1C(F)(F)F. The average molecular weight is 381 g/mol. The normalized spacial score (nSPS) is 22.1. The molecule has 1 atom stereocenters. The van der Waals surface area contributed by atoms with Crippen molar-refractivity contribution in [3.63, 3.8) is 0 Å². The zero-order valence-electron chi connectivity index (χ0n) is 15.4. The summed E-state index contributed by atoms with van der Waals surface area (Å²) in [5.74, 6) is 0.309. The number of nitrogens with one attached hydrogen (secondary N) is 1. The molecule has 1 aromatic rings. The van der Waals surface area contributed by atoms with E-state index in [0.29, 0.717) is 24.1 Å². The number of nitrogens with zero attached hydrogens (tertiary/aromatic N) is 2. The lowest BCUT2D eigenvalue weighted by Gasteiger charge is -2.36. The minimum Gasteiger partial charge on any atom is -0.466 e. The second kappa shape index (κ2) is 7.25. The summed E-state index contributed by atoms with van der Waals surface area (Å²) in [5, 5.41) is 3.03. The van der Waals surface area contributed by atoms with Crippen LogP contribution in [0.2, 0.25) is 0 Å². The van der Waals surface area contributed by atoms with Gasteiger partial charge in [0, 0.05) is 19.3 Å². The number of allylic oxidation sites excluding steroid dienone is 1. The molecule has 1 aliphatic heterocycles. The summed E-state index contributed by atoms with van der Waals surface area (Å²) in [6.07, 6.45) is -2.31. The fourth-order valence-corrected chi connectivity index (χ4v) is 3.13. The molecular formula is C19H22F3N3O2. The maximum absolute atomic E-state index is 13.5. The third-order valence-electron chi connectivity index (χ3n) is 4.95. The molecule has 1 aromatic carbocycles. The van der Waals surface area contributed by atoms with Crippen LogP contribution in [0.15, 0.2) is 40.5 Å². The van der Waals surface area contributed by atoms with Gasteiger partial charge < -0.3 is 15.0 Å². The van der Waals surface area contributed by atoms with Crippen molar-refractivity contribution in [1.29, 1.82) is 0 Å². The van der Waals surface area contributed by atoms with Gasteiger partial charge in [-0.05, 0) is 37.3 Å². The Kier molecular flexibility index (Phi) is 5.17. The van der Waals surface area contributed by atoms with Crippen LogP contribution in [0.5, 0.6) is 0 Å². The van der Waals surface area contributed by atoms with Gasteiger partial charge in [0.15, 0.2) is 5.96 Å². The Morgan fingerprint density at radius 1 is 1.33 bits per heavy atom. The molecule has 1 N–H and O–H groups in total. The third kappa shape index (κ3) is 3.94. The second-order valence-electron chi connectivity index (χ2n) is 6.82.